The Morgan fingerprint density at radius 2 is 1.77 bits per heavy atom. The van der Waals surface area contributed by atoms with Gasteiger partial charge in [0, 0.05) is 0 Å². The normalized spacial score (nSPS) is 33.1. The molecule has 1 amide bonds. The molecule has 0 aliphatic heterocycles. The highest BCUT2D eigenvalue weighted by Crippen LogP contribution is 2.72. The lowest BCUT2D eigenvalue weighted by Crippen LogP contribution is -2.36. The van der Waals surface area contributed by atoms with Crippen LogP contribution in [0.4, 0.5) is 10.1 Å². The van der Waals surface area contributed by atoms with E-state index in [0.717, 1.165) is 12.8 Å². The minimum Gasteiger partial charge on any atom is -0.481 e. The van der Waals surface area contributed by atoms with Crippen molar-refractivity contribution in [3.63, 3.8) is 0 Å². The summed E-state index contributed by atoms with van der Waals surface area (Å²) in [6.45, 7) is 0. The van der Waals surface area contributed by atoms with E-state index < -0.39 is 23.6 Å². The lowest BCUT2D eigenvalue weighted by atomic mass is 9.82. The van der Waals surface area contributed by atoms with Crippen LogP contribution in [0.1, 0.15) is 12.8 Å². The van der Waals surface area contributed by atoms with Crippen molar-refractivity contribution in [1.82, 2.24) is 0 Å². The quantitative estimate of drug-likeness (QED) is 0.844. The summed E-state index contributed by atoms with van der Waals surface area (Å²) in [7, 11) is 0. The maximum Gasteiger partial charge on any atom is 0.307 e. The third-order valence-corrected chi connectivity index (χ3v) is 5.56. The highest BCUT2D eigenvalue weighted by Gasteiger charge is 2.70. The van der Waals surface area contributed by atoms with E-state index in [1.807, 2.05) is 12.2 Å². The zero-order valence-electron chi connectivity index (χ0n) is 11.8. The molecule has 0 heterocycles. The highest BCUT2D eigenvalue weighted by molar-refractivity contribution is 5.96. The molecule has 4 nitrogen and oxygen atoms in total. The number of rotatable bonds is 3. The van der Waals surface area contributed by atoms with Crippen molar-refractivity contribution in [3.8, 4) is 0 Å². The zero-order chi connectivity index (χ0) is 15.5. The van der Waals surface area contributed by atoms with E-state index in [4.69, 9.17) is 0 Å². The number of carbonyl (C=O) groups excluding carboxylic acids is 1. The Labute approximate surface area is 127 Å². The van der Waals surface area contributed by atoms with E-state index in [-0.39, 0.29) is 28.8 Å². The summed E-state index contributed by atoms with van der Waals surface area (Å²) in [6.07, 6.45) is 5.90. The van der Waals surface area contributed by atoms with E-state index >= 15 is 0 Å². The molecule has 2 N–H and O–H groups in total. The van der Waals surface area contributed by atoms with Crippen LogP contribution in [-0.4, -0.2) is 17.0 Å². The average molecular weight is 301 g/mol. The second kappa shape index (κ2) is 4.41. The number of para-hydroxylation sites is 1. The number of anilines is 1. The Bertz CT molecular complexity index is 695. The number of halogens is 1. The first-order valence-electron chi connectivity index (χ1n) is 7.51. The van der Waals surface area contributed by atoms with Gasteiger partial charge in [0.05, 0.1) is 17.5 Å². The first-order chi connectivity index (χ1) is 10.5. The van der Waals surface area contributed by atoms with Gasteiger partial charge in [-0.05, 0) is 42.2 Å². The predicted octanol–water partition coefficient (Wildman–Crippen LogP) is 2.68. The fraction of sp³-hybridized carbons (Fsp3) is 0.412. The molecule has 4 rings (SSSR count). The average Bonchev–Trinajstić information content (AvgIpc) is 3.15. The summed E-state index contributed by atoms with van der Waals surface area (Å²) >= 11 is 0. The van der Waals surface area contributed by atoms with Gasteiger partial charge < -0.3 is 10.4 Å². The second-order valence-electron chi connectivity index (χ2n) is 6.53. The molecule has 0 unspecified atom stereocenters. The topological polar surface area (TPSA) is 66.4 Å². The van der Waals surface area contributed by atoms with Gasteiger partial charge in [-0.1, -0.05) is 24.3 Å². The molecule has 0 aromatic heterocycles. The smallest absolute Gasteiger partial charge is 0.307 e. The van der Waals surface area contributed by atoms with Gasteiger partial charge in [-0.2, -0.15) is 0 Å². The molecule has 22 heavy (non-hydrogen) atoms. The Morgan fingerprint density at radius 3 is 2.36 bits per heavy atom. The van der Waals surface area contributed by atoms with E-state index in [9.17, 15) is 19.1 Å². The van der Waals surface area contributed by atoms with E-state index in [1.54, 1.807) is 12.1 Å². The first kappa shape index (κ1) is 13.5. The molecule has 3 aliphatic rings. The van der Waals surface area contributed by atoms with Gasteiger partial charge >= 0.3 is 5.97 Å². The molecular formula is C17H16FNO3. The fourth-order valence-corrected chi connectivity index (χ4v) is 4.47. The lowest BCUT2D eigenvalue weighted by Gasteiger charge is -2.23. The molecule has 0 radical (unpaired) electrons. The predicted molar refractivity (Wildman–Crippen MR) is 77.4 cm³/mol. The van der Waals surface area contributed by atoms with Crippen LogP contribution in [0, 0.1) is 34.9 Å². The molecule has 2 saturated carbocycles. The number of carboxylic acids is 1. The fourth-order valence-electron chi connectivity index (χ4n) is 4.47. The molecule has 114 valence electrons. The summed E-state index contributed by atoms with van der Waals surface area (Å²) in [5.74, 6) is -3.25. The van der Waals surface area contributed by atoms with Gasteiger partial charge in [0.2, 0.25) is 5.91 Å². The molecule has 1 aromatic rings. The molecule has 0 saturated heterocycles. The maximum atomic E-state index is 13.7. The Morgan fingerprint density at radius 1 is 1.14 bits per heavy atom. The van der Waals surface area contributed by atoms with Crippen molar-refractivity contribution >= 4 is 17.6 Å². The van der Waals surface area contributed by atoms with Crippen molar-refractivity contribution in [3.05, 3.63) is 42.2 Å². The highest BCUT2D eigenvalue weighted by atomic mass is 19.1. The number of allylic oxidation sites excluding steroid dienone is 2. The van der Waals surface area contributed by atoms with Crippen molar-refractivity contribution in [1.29, 1.82) is 0 Å². The van der Waals surface area contributed by atoms with Crippen LogP contribution in [0.25, 0.3) is 0 Å². The molecule has 1 spiro atoms. The third-order valence-electron chi connectivity index (χ3n) is 5.56. The third kappa shape index (κ3) is 1.68. The van der Waals surface area contributed by atoms with Crippen LogP contribution in [0.5, 0.6) is 0 Å². The summed E-state index contributed by atoms with van der Waals surface area (Å²) in [5, 5.41) is 12.1. The SMILES string of the molecule is O=C(Nc1ccccc1F)[C@@H]1[C@@H](C(=O)O)[C@@H]2C=C[C@H]1C21CC1. The van der Waals surface area contributed by atoms with Gasteiger partial charge in [0.25, 0.3) is 0 Å². The standard InChI is InChI=1S/C17H16FNO3/c18-11-3-1-2-4-12(11)19-15(20)13-9-5-6-10(14(13)16(21)22)17(9)7-8-17/h1-6,9-10,13-14H,7-8H2,(H,19,20)(H,21,22)/t9-,10+,13+,14+/m1/s1. The van der Waals surface area contributed by atoms with Crippen LogP contribution in [0.3, 0.4) is 0 Å². The van der Waals surface area contributed by atoms with E-state index in [0.29, 0.717) is 0 Å². The summed E-state index contributed by atoms with van der Waals surface area (Å²) < 4.78 is 13.7. The monoisotopic (exact) mass is 301 g/mol. The molecular weight excluding hydrogens is 285 g/mol. The largest absolute Gasteiger partial charge is 0.481 e. The minimum atomic E-state index is -0.934. The molecule has 3 aliphatic carbocycles. The number of nitrogens with one attached hydrogen (secondary N) is 1. The van der Waals surface area contributed by atoms with Gasteiger partial charge in [-0.25, -0.2) is 4.39 Å². The van der Waals surface area contributed by atoms with Crippen molar-refractivity contribution < 1.29 is 19.1 Å². The number of benzene rings is 1. The summed E-state index contributed by atoms with van der Waals surface area (Å²) in [4.78, 5) is 24.3. The Balaban J connectivity index is 1.64. The first-order valence-corrected chi connectivity index (χ1v) is 7.51. The van der Waals surface area contributed by atoms with Crippen molar-refractivity contribution in [2.45, 2.75) is 12.8 Å². The molecule has 5 heteroatoms. The van der Waals surface area contributed by atoms with Crippen LogP contribution in [0.15, 0.2) is 36.4 Å². The van der Waals surface area contributed by atoms with Crippen LogP contribution in [0.2, 0.25) is 0 Å². The summed E-state index contributed by atoms with van der Waals surface area (Å²) in [5.41, 5.74) is 0.0774. The number of carbonyl (C=O) groups is 2. The van der Waals surface area contributed by atoms with Gasteiger partial charge in [-0.3, -0.25) is 9.59 Å². The van der Waals surface area contributed by atoms with Crippen LogP contribution in [-0.2, 0) is 9.59 Å². The van der Waals surface area contributed by atoms with E-state index in [2.05, 4.69) is 5.32 Å². The number of carboxylic acid groups (broad SMARTS) is 1. The Kier molecular flexibility index (Phi) is 2.71. The van der Waals surface area contributed by atoms with Crippen LogP contribution >= 0.6 is 0 Å². The maximum absolute atomic E-state index is 13.7. The van der Waals surface area contributed by atoms with Crippen molar-refractivity contribution in [2.75, 3.05) is 5.32 Å². The molecule has 2 bridgehead atoms. The zero-order valence-corrected chi connectivity index (χ0v) is 11.8. The number of hydrogen-bond donors (Lipinski definition) is 2. The number of hydrogen-bond acceptors (Lipinski definition) is 2. The van der Waals surface area contributed by atoms with Gasteiger partial charge in [0.1, 0.15) is 5.82 Å². The minimum absolute atomic E-state index is 0.0275. The van der Waals surface area contributed by atoms with E-state index in [1.165, 1.54) is 12.1 Å². The Hall–Kier alpha value is -2.17. The second-order valence-corrected chi connectivity index (χ2v) is 6.53. The molecule has 2 fully saturated rings. The van der Waals surface area contributed by atoms with Gasteiger partial charge in [-0.15, -0.1) is 0 Å². The summed E-state index contributed by atoms with van der Waals surface area (Å²) in [6, 6.07) is 5.94. The van der Waals surface area contributed by atoms with Crippen molar-refractivity contribution in [2.24, 2.45) is 29.1 Å². The number of aliphatic carboxylic acids is 1. The lowest BCUT2D eigenvalue weighted by molar-refractivity contribution is -0.146. The van der Waals surface area contributed by atoms with Crippen LogP contribution < -0.4 is 5.32 Å². The number of amides is 1. The van der Waals surface area contributed by atoms with Gasteiger partial charge in [0.15, 0.2) is 0 Å². The molecule has 4 atom stereocenters. The molecule has 1 aromatic carbocycles.